The van der Waals surface area contributed by atoms with Crippen LogP contribution in [0.25, 0.3) is 0 Å². The molecule has 3 fully saturated rings. The van der Waals surface area contributed by atoms with Crippen molar-refractivity contribution in [3.05, 3.63) is 71.0 Å². The average Bonchev–Trinajstić information content (AvgIpc) is 3.61. The molecule has 2 saturated carbocycles. The van der Waals surface area contributed by atoms with E-state index >= 15 is 0 Å². The molecule has 0 aromatic heterocycles. The molecule has 1 amide bonds. The average molecular weight is 495 g/mol. The van der Waals surface area contributed by atoms with E-state index in [1.54, 1.807) is 18.2 Å². The van der Waals surface area contributed by atoms with E-state index in [-0.39, 0.29) is 37.4 Å². The number of halogens is 1. The van der Waals surface area contributed by atoms with E-state index < -0.39 is 29.7 Å². The van der Waals surface area contributed by atoms with Gasteiger partial charge in [0.05, 0.1) is 37.1 Å². The molecule has 7 nitrogen and oxygen atoms in total. The number of nitriles is 1. The molecule has 2 aromatic rings. The van der Waals surface area contributed by atoms with E-state index in [9.17, 15) is 14.4 Å². The third kappa shape index (κ3) is 5.45. The molecule has 0 bridgehead atoms. The first-order valence-electron chi connectivity index (χ1n) is 12.4. The fourth-order valence-corrected chi connectivity index (χ4v) is 5.05. The van der Waals surface area contributed by atoms with E-state index in [4.69, 9.17) is 18.9 Å². The highest BCUT2D eigenvalue weighted by molar-refractivity contribution is 5.86. The van der Waals surface area contributed by atoms with Crippen LogP contribution in [0.15, 0.2) is 48.5 Å². The highest BCUT2D eigenvalue weighted by atomic mass is 19.1. The summed E-state index contributed by atoms with van der Waals surface area (Å²) in [4.78, 5) is 13.6. The number of carbonyl (C=O) groups excluding carboxylic acids is 1. The van der Waals surface area contributed by atoms with Gasteiger partial charge in [-0.3, -0.25) is 4.79 Å². The number of nitrogens with one attached hydrogen (secondary N) is 1. The van der Waals surface area contributed by atoms with Crippen molar-refractivity contribution in [2.24, 2.45) is 0 Å². The normalized spacial score (nSPS) is 28.8. The first-order valence-corrected chi connectivity index (χ1v) is 12.4. The molecule has 2 aromatic carbocycles. The Morgan fingerprint density at radius 1 is 1.14 bits per heavy atom. The maximum Gasteiger partial charge on any atom is 0.252 e. The second-order valence-electron chi connectivity index (χ2n) is 10.3. The third-order valence-electron chi connectivity index (χ3n) is 6.97. The molecule has 1 saturated heterocycles. The number of hydrogen-bond donors (Lipinski definition) is 1. The topological polar surface area (TPSA) is 89.8 Å². The zero-order valence-corrected chi connectivity index (χ0v) is 20.5. The van der Waals surface area contributed by atoms with Gasteiger partial charge in [0.15, 0.2) is 11.4 Å². The molecule has 190 valence electrons. The number of nitrogens with zero attached hydrogens (tertiary/aromatic N) is 1. The first-order chi connectivity index (χ1) is 17.3. The standard InChI is InChI=1S/C28H31FN2O5/c1-27(2)35-24-14-28(26(32)31-22-10-11-22,34-16-18-6-5-9-21(29)12-18)13-23(25(24)36-27)33-17-20-8-4-3-7-19(20)15-30/h3-9,12,22-25H,10-11,13-14,16-17H2,1-2H3,(H,31,32)/t23?,24-,25+,28-/m1/s1. The lowest BCUT2D eigenvalue weighted by Crippen LogP contribution is -2.60. The number of carbonyl (C=O) groups is 1. The fraction of sp³-hybridized carbons (Fsp3) is 0.500. The Labute approximate surface area is 210 Å². The lowest BCUT2D eigenvalue weighted by Gasteiger charge is -2.43. The molecule has 8 heteroatoms. The summed E-state index contributed by atoms with van der Waals surface area (Å²) in [6, 6.07) is 15.8. The van der Waals surface area contributed by atoms with Gasteiger partial charge in [-0.1, -0.05) is 30.3 Å². The van der Waals surface area contributed by atoms with Gasteiger partial charge in [-0.25, -0.2) is 4.39 Å². The summed E-state index contributed by atoms with van der Waals surface area (Å²) in [6.07, 6.45) is 1.08. The fourth-order valence-electron chi connectivity index (χ4n) is 5.05. The van der Waals surface area contributed by atoms with Crippen LogP contribution in [0.3, 0.4) is 0 Å². The van der Waals surface area contributed by atoms with Gasteiger partial charge in [-0.2, -0.15) is 5.26 Å². The van der Waals surface area contributed by atoms with Crippen molar-refractivity contribution in [3.63, 3.8) is 0 Å². The molecule has 3 aliphatic rings. The van der Waals surface area contributed by atoms with Crippen LogP contribution in [0.2, 0.25) is 0 Å². The second kappa shape index (κ2) is 9.91. The zero-order chi connectivity index (χ0) is 25.3. The van der Waals surface area contributed by atoms with Crippen LogP contribution < -0.4 is 5.32 Å². The molecule has 1 heterocycles. The SMILES string of the molecule is CC1(C)O[C@@H]2C[C@@](OCc3cccc(F)c3)(C(=O)NC3CC3)CC(OCc3ccccc3C#N)[C@@H]2O1. The number of amides is 1. The Balaban J connectivity index is 1.42. The highest BCUT2D eigenvalue weighted by Gasteiger charge is 2.58. The summed E-state index contributed by atoms with van der Waals surface area (Å²) in [5.41, 5.74) is 0.696. The van der Waals surface area contributed by atoms with Crippen molar-refractivity contribution in [1.82, 2.24) is 5.32 Å². The van der Waals surface area contributed by atoms with Gasteiger partial charge < -0.3 is 24.3 Å². The lowest BCUT2D eigenvalue weighted by molar-refractivity contribution is -0.183. The van der Waals surface area contributed by atoms with Crippen molar-refractivity contribution in [2.75, 3.05) is 0 Å². The molecular formula is C28H31FN2O5. The maximum atomic E-state index is 13.8. The molecule has 1 aliphatic heterocycles. The second-order valence-corrected chi connectivity index (χ2v) is 10.3. The molecule has 5 rings (SSSR count). The largest absolute Gasteiger partial charge is 0.371 e. The van der Waals surface area contributed by atoms with E-state index in [0.29, 0.717) is 17.5 Å². The summed E-state index contributed by atoms with van der Waals surface area (Å²) in [5, 5.41) is 12.6. The molecule has 2 aliphatic carbocycles. The van der Waals surface area contributed by atoms with Gasteiger partial charge in [0.1, 0.15) is 11.9 Å². The smallest absolute Gasteiger partial charge is 0.252 e. The number of ether oxygens (including phenoxy) is 4. The Hall–Kier alpha value is -2.83. The Morgan fingerprint density at radius 2 is 1.94 bits per heavy atom. The van der Waals surface area contributed by atoms with Crippen LogP contribution in [0.5, 0.6) is 0 Å². The minimum atomic E-state index is -1.24. The van der Waals surface area contributed by atoms with Gasteiger partial charge >= 0.3 is 0 Å². The van der Waals surface area contributed by atoms with Crippen molar-refractivity contribution < 1.29 is 28.1 Å². The Morgan fingerprint density at radius 3 is 2.69 bits per heavy atom. The van der Waals surface area contributed by atoms with E-state index in [2.05, 4.69) is 11.4 Å². The lowest BCUT2D eigenvalue weighted by atomic mass is 9.78. The number of benzene rings is 2. The van der Waals surface area contributed by atoms with Crippen molar-refractivity contribution in [1.29, 1.82) is 5.26 Å². The maximum absolute atomic E-state index is 13.8. The highest BCUT2D eigenvalue weighted by Crippen LogP contribution is 2.44. The molecular weight excluding hydrogens is 463 g/mol. The summed E-state index contributed by atoms with van der Waals surface area (Å²) in [7, 11) is 0. The predicted molar refractivity (Wildman–Crippen MR) is 128 cm³/mol. The van der Waals surface area contributed by atoms with Crippen molar-refractivity contribution in [2.45, 2.75) is 88.5 Å². The van der Waals surface area contributed by atoms with E-state index in [1.165, 1.54) is 12.1 Å². The third-order valence-corrected chi connectivity index (χ3v) is 6.97. The van der Waals surface area contributed by atoms with E-state index in [1.807, 2.05) is 32.0 Å². The van der Waals surface area contributed by atoms with E-state index in [0.717, 1.165) is 18.4 Å². The number of fused-ring (bicyclic) bond motifs is 1. The monoisotopic (exact) mass is 494 g/mol. The first kappa shape index (κ1) is 24.8. The van der Waals surface area contributed by atoms with Crippen molar-refractivity contribution >= 4 is 5.91 Å². The summed E-state index contributed by atoms with van der Waals surface area (Å²) in [5.74, 6) is -1.41. The molecule has 1 N–H and O–H groups in total. The van der Waals surface area contributed by atoms with Crippen LogP contribution in [0.4, 0.5) is 4.39 Å². The quantitative estimate of drug-likeness (QED) is 0.594. The molecule has 4 atom stereocenters. The Kier molecular flexibility index (Phi) is 6.84. The van der Waals surface area contributed by atoms with Gasteiger partial charge in [0.25, 0.3) is 5.91 Å². The zero-order valence-electron chi connectivity index (χ0n) is 20.5. The minimum Gasteiger partial charge on any atom is -0.371 e. The van der Waals surface area contributed by atoms with Gasteiger partial charge in [-0.15, -0.1) is 0 Å². The van der Waals surface area contributed by atoms with Crippen LogP contribution >= 0.6 is 0 Å². The minimum absolute atomic E-state index is 0.0709. The molecule has 0 spiro atoms. The molecule has 36 heavy (non-hydrogen) atoms. The van der Waals surface area contributed by atoms with Crippen LogP contribution in [-0.4, -0.2) is 41.6 Å². The molecule has 0 radical (unpaired) electrons. The molecule has 1 unspecified atom stereocenters. The van der Waals surface area contributed by atoms with Gasteiger partial charge in [0.2, 0.25) is 0 Å². The number of hydrogen-bond acceptors (Lipinski definition) is 6. The van der Waals surface area contributed by atoms with Crippen molar-refractivity contribution in [3.8, 4) is 6.07 Å². The van der Waals surface area contributed by atoms with Crippen LogP contribution in [0.1, 0.15) is 56.2 Å². The number of rotatable bonds is 8. The predicted octanol–water partition coefficient (Wildman–Crippen LogP) is 4.13. The summed E-state index contributed by atoms with van der Waals surface area (Å²) < 4.78 is 38.9. The Bertz CT molecular complexity index is 1160. The van der Waals surface area contributed by atoms with Gasteiger partial charge in [0, 0.05) is 18.9 Å². The summed E-state index contributed by atoms with van der Waals surface area (Å²) >= 11 is 0. The summed E-state index contributed by atoms with van der Waals surface area (Å²) in [6.45, 7) is 3.94. The van der Waals surface area contributed by atoms with Crippen LogP contribution in [-0.2, 0) is 37.0 Å². The van der Waals surface area contributed by atoms with Crippen LogP contribution in [0, 0.1) is 17.1 Å². The van der Waals surface area contributed by atoms with Gasteiger partial charge in [-0.05, 0) is 56.0 Å².